The highest BCUT2D eigenvalue weighted by Gasteiger charge is 2.54. The molecule has 3 heterocycles. The summed E-state index contributed by atoms with van der Waals surface area (Å²) in [7, 11) is 0. The lowest BCUT2D eigenvalue weighted by molar-refractivity contribution is -0.150. The molecule has 15 heteroatoms. The zero-order chi connectivity index (χ0) is 22.9. The molecule has 3 atom stereocenters. The molecule has 2 aliphatic rings. The maximum Gasteiger partial charge on any atom is 0.352 e. The summed E-state index contributed by atoms with van der Waals surface area (Å²) in [5, 5.41) is 25.4. The summed E-state index contributed by atoms with van der Waals surface area (Å²) in [6, 6.07) is -1.02. The van der Waals surface area contributed by atoms with E-state index < -0.39 is 41.3 Å². The number of carbonyl (C=O) groups is 4. The van der Waals surface area contributed by atoms with Crippen molar-refractivity contribution in [3.8, 4) is 0 Å². The number of oxime groups is 1. The molecule has 0 radical (unpaired) electrons. The lowest BCUT2D eigenvalue weighted by Crippen LogP contribution is -2.71. The first-order valence-electron chi connectivity index (χ1n) is 8.74. The number of β-lactam (4-membered cyclic amide) rings is 1. The highest BCUT2D eigenvalue weighted by atomic mass is 32.2. The van der Waals surface area contributed by atoms with Gasteiger partial charge in [0, 0.05) is 17.7 Å². The number of aliphatic carboxylic acids is 2. The summed E-state index contributed by atoms with van der Waals surface area (Å²) in [5.41, 5.74) is 11.1. The third kappa shape index (κ3) is 4.33. The van der Waals surface area contributed by atoms with E-state index in [-0.39, 0.29) is 28.8 Å². The molecule has 0 saturated carbocycles. The molecular formula is C16H18N6O7S2. The van der Waals surface area contributed by atoms with Gasteiger partial charge >= 0.3 is 11.9 Å². The Labute approximate surface area is 183 Å². The molecule has 1 fully saturated rings. The van der Waals surface area contributed by atoms with Crippen LogP contribution in [0, 0.1) is 0 Å². The van der Waals surface area contributed by atoms with Crippen LogP contribution in [0.4, 0.5) is 5.13 Å². The summed E-state index contributed by atoms with van der Waals surface area (Å²) >= 11 is 2.29. The van der Waals surface area contributed by atoms with Crippen molar-refractivity contribution in [2.75, 3.05) is 18.0 Å². The Morgan fingerprint density at radius 3 is 2.71 bits per heavy atom. The number of nitrogens with one attached hydrogen (secondary N) is 1. The number of thioether (sulfide) groups is 1. The minimum Gasteiger partial charge on any atom is -0.478 e. The van der Waals surface area contributed by atoms with Gasteiger partial charge in [-0.05, 0) is 12.5 Å². The molecule has 2 unspecified atom stereocenters. The van der Waals surface area contributed by atoms with E-state index in [1.807, 2.05) is 0 Å². The van der Waals surface area contributed by atoms with Crippen LogP contribution in [0.1, 0.15) is 12.6 Å². The minimum atomic E-state index is -1.34. The fourth-order valence-electron chi connectivity index (χ4n) is 2.83. The van der Waals surface area contributed by atoms with Crippen molar-refractivity contribution in [1.29, 1.82) is 0 Å². The maximum absolute atomic E-state index is 12.8. The van der Waals surface area contributed by atoms with E-state index in [1.165, 1.54) is 24.1 Å². The predicted molar refractivity (Wildman–Crippen MR) is 110 cm³/mol. The van der Waals surface area contributed by atoms with E-state index in [2.05, 4.69) is 15.5 Å². The van der Waals surface area contributed by atoms with Gasteiger partial charge in [-0.25, -0.2) is 14.6 Å². The largest absolute Gasteiger partial charge is 0.478 e. The Bertz CT molecular complexity index is 1010. The number of anilines is 1. The molecule has 0 aliphatic carbocycles. The van der Waals surface area contributed by atoms with Crippen LogP contribution >= 0.6 is 23.1 Å². The van der Waals surface area contributed by atoms with Gasteiger partial charge in [0.25, 0.3) is 11.8 Å². The quantitative estimate of drug-likeness (QED) is 0.170. The summed E-state index contributed by atoms with van der Waals surface area (Å²) in [6.07, 6.45) is -1.34. The van der Waals surface area contributed by atoms with Crippen molar-refractivity contribution in [3.05, 3.63) is 22.3 Å². The number of fused-ring (bicyclic) bond motifs is 1. The van der Waals surface area contributed by atoms with Crippen LogP contribution in [0.3, 0.4) is 0 Å². The van der Waals surface area contributed by atoms with Crippen molar-refractivity contribution >= 4 is 57.7 Å². The Morgan fingerprint density at radius 2 is 2.16 bits per heavy atom. The van der Waals surface area contributed by atoms with Crippen LogP contribution in [0.25, 0.3) is 0 Å². The first-order chi connectivity index (χ1) is 14.6. The minimum absolute atomic E-state index is 0.0106. The van der Waals surface area contributed by atoms with E-state index in [1.54, 1.807) is 0 Å². The summed E-state index contributed by atoms with van der Waals surface area (Å²) in [4.78, 5) is 57.8. The number of amides is 2. The van der Waals surface area contributed by atoms with Gasteiger partial charge in [-0.3, -0.25) is 14.5 Å². The molecule has 31 heavy (non-hydrogen) atoms. The Morgan fingerprint density at radius 1 is 1.45 bits per heavy atom. The SMILES string of the molecule is CC(ON=C(C(=O)NC1C(=O)N2C(C(=O)O)=C(CN)CS[C@@H]12)c1csc(N)n1)C(=O)O. The number of carboxylic acid groups (broad SMARTS) is 2. The van der Waals surface area contributed by atoms with E-state index in [4.69, 9.17) is 21.4 Å². The molecule has 166 valence electrons. The number of hydrogen-bond acceptors (Lipinski definition) is 11. The van der Waals surface area contributed by atoms with Crippen LogP contribution < -0.4 is 16.8 Å². The summed E-state index contributed by atoms with van der Waals surface area (Å²) in [5.74, 6) is -3.76. The second kappa shape index (κ2) is 8.91. The average Bonchev–Trinajstić information content (AvgIpc) is 3.16. The smallest absolute Gasteiger partial charge is 0.352 e. The highest BCUT2D eigenvalue weighted by molar-refractivity contribution is 8.00. The van der Waals surface area contributed by atoms with E-state index in [9.17, 15) is 24.3 Å². The van der Waals surface area contributed by atoms with Crippen molar-refractivity contribution < 1.29 is 34.2 Å². The number of nitrogen functional groups attached to an aromatic ring is 1. The van der Waals surface area contributed by atoms with Crippen molar-refractivity contribution in [3.63, 3.8) is 0 Å². The molecule has 3 rings (SSSR count). The molecule has 1 saturated heterocycles. The average molecular weight is 470 g/mol. The molecule has 0 bridgehead atoms. The molecule has 2 aliphatic heterocycles. The standard InChI is InChI=1S/C16H18N6O7S2/c1-5(14(25)26)29-21-8(7-4-31-16(18)19-7)11(23)20-9-12(24)22-10(15(27)28)6(2-17)3-30-13(9)22/h4-5,9,13H,2-3,17H2,1H3,(H2,18,19)(H,20,23)(H,25,26)(H,27,28)/t5?,9?,13-/m0/s1. The maximum atomic E-state index is 12.8. The first-order valence-corrected chi connectivity index (χ1v) is 10.7. The van der Waals surface area contributed by atoms with Crippen LogP contribution in [-0.2, 0) is 24.0 Å². The molecule has 0 spiro atoms. The highest BCUT2D eigenvalue weighted by Crippen LogP contribution is 2.40. The fourth-order valence-corrected chi connectivity index (χ4v) is 4.74. The number of thiazole rings is 1. The van der Waals surface area contributed by atoms with Gasteiger partial charge in [0.05, 0.1) is 0 Å². The van der Waals surface area contributed by atoms with E-state index >= 15 is 0 Å². The molecule has 1 aromatic heterocycles. The van der Waals surface area contributed by atoms with Gasteiger partial charge in [0.2, 0.25) is 6.10 Å². The zero-order valence-corrected chi connectivity index (χ0v) is 17.6. The van der Waals surface area contributed by atoms with Gasteiger partial charge in [-0.15, -0.1) is 23.1 Å². The number of nitrogens with two attached hydrogens (primary N) is 2. The Hall–Kier alpha value is -3.17. The van der Waals surface area contributed by atoms with Gasteiger partial charge in [0.15, 0.2) is 10.8 Å². The molecule has 13 nitrogen and oxygen atoms in total. The van der Waals surface area contributed by atoms with Crippen molar-refractivity contribution in [2.45, 2.75) is 24.4 Å². The molecule has 7 N–H and O–H groups in total. The molecule has 0 aromatic carbocycles. The number of aromatic nitrogens is 1. The van der Waals surface area contributed by atoms with E-state index in [0.717, 1.165) is 16.2 Å². The molecule has 2 amide bonds. The summed E-state index contributed by atoms with van der Waals surface area (Å²) < 4.78 is 0. The summed E-state index contributed by atoms with van der Waals surface area (Å²) in [6.45, 7) is 1.21. The van der Waals surface area contributed by atoms with Gasteiger partial charge in [0.1, 0.15) is 22.8 Å². The van der Waals surface area contributed by atoms with E-state index in [0.29, 0.717) is 11.3 Å². The predicted octanol–water partition coefficient (Wildman–Crippen LogP) is -1.38. The lowest BCUT2D eigenvalue weighted by atomic mass is 10.0. The second-order valence-corrected chi connectivity index (χ2v) is 8.41. The lowest BCUT2D eigenvalue weighted by Gasteiger charge is -2.49. The number of carboxylic acids is 2. The van der Waals surface area contributed by atoms with Gasteiger partial charge in [-0.2, -0.15) is 0 Å². The third-order valence-electron chi connectivity index (χ3n) is 4.41. The molecular weight excluding hydrogens is 452 g/mol. The molecule has 1 aromatic rings. The van der Waals surface area contributed by atoms with Crippen LogP contribution in [0.5, 0.6) is 0 Å². The topological polar surface area (TPSA) is 211 Å². The van der Waals surface area contributed by atoms with Gasteiger partial charge < -0.3 is 31.8 Å². The van der Waals surface area contributed by atoms with Crippen LogP contribution in [0.15, 0.2) is 21.8 Å². The van der Waals surface area contributed by atoms with Gasteiger partial charge in [-0.1, -0.05) is 5.16 Å². The van der Waals surface area contributed by atoms with Crippen molar-refractivity contribution in [2.24, 2.45) is 10.9 Å². The van der Waals surface area contributed by atoms with Crippen LogP contribution in [-0.4, -0.2) is 79.4 Å². The number of hydrogen-bond donors (Lipinski definition) is 5. The first kappa shape index (κ1) is 22.5. The monoisotopic (exact) mass is 470 g/mol. The number of carbonyl (C=O) groups excluding carboxylic acids is 2. The number of rotatable bonds is 8. The Kier molecular flexibility index (Phi) is 6.47. The third-order valence-corrected chi connectivity index (χ3v) is 6.43. The van der Waals surface area contributed by atoms with Crippen LogP contribution in [0.2, 0.25) is 0 Å². The second-order valence-electron chi connectivity index (χ2n) is 6.42. The Balaban J connectivity index is 1.81. The normalized spacial score (nSPS) is 21.8. The number of nitrogens with zero attached hydrogens (tertiary/aromatic N) is 3. The fraction of sp³-hybridized carbons (Fsp3) is 0.375. The zero-order valence-electron chi connectivity index (χ0n) is 16.0. The van der Waals surface area contributed by atoms with Crippen molar-refractivity contribution in [1.82, 2.24) is 15.2 Å².